The summed E-state index contributed by atoms with van der Waals surface area (Å²) in [5.41, 5.74) is 0.922. The van der Waals surface area contributed by atoms with Gasteiger partial charge in [-0.05, 0) is 97.3 Å². The van der Waals surface area contributed by atoms with Crippen LogP contribution in [0.15, 0.2) is 48.6 Å². The minimum atomic E-state index is -0.705. The number of esters is 4. The Kier molecular flexibility index (Phi) is 24.3. The summed E-state index contributed by atoms with van der Waals surface area (Å²) in [5.74, 6) is 2.45. The normalized spacial score (nSPS) is 17.6. The molecule has 0 radical (unpaired) electrons. The number of fused-ring (bicyclic) bond motifs is 5. The molecule has 0 saturated heterocycles. The number of hydrogen-bond donors (Lipinski definition) is 4. The molecule has 4 unspecified atom stereocenters. The number of rotatable bonds is 18. The van der Waals surface area contributed by atoms with Crippen LogP contribution in [0.25, 0.3) is 0 Å². The fourth-order valence-electron chi connectivity index (χ4n) is 6.85. The minimum Gasteiger partial charge on any atom is -0.460 e. The van der Waals surface area contributed by atoms with Gasteiger partial charge < -0.3 is 40.2 Å². The molecule has 2 bridgehead atoms. The van der Waals surface area contributed by atoms with Gasteiger partial charge in [0, 0.05) is 35.4 Å². The molecule has 3 aliphatic rings. The summed E-state index contributed by atoms with van der Waals surface area (Å²) in [6.07, 6.45) is 9.53. The van der Waals surface area contributed by atoms with E-state index in [4.69, 9.17) is 18.9 Å². The van der Waals surface area contributed by atoms with Gasteiger partial charge in [0.05, 0.1) is 26.2 Å². The van der Waals surface area contributed by atoms with Crippen LogP contribution in [0.1, 0.15) is 80.1 Å². The Morgan fingerprint density at radius 2 is 0.783 bits per heavy atom. The molecular weight excluding hydrogens is 780 g/mol. The molecule has 0 spiro atoms. The van der Waals surface area contributed by atoms with Crippen LogP contribution in [0, 0.1) is 23.7 Å². The molecule has 0 aliphatic heterocycles. The number of ether oxygens (including phenoxy) is 4. The Bertz CT molecular complexity index is 1470. The summed E-state index contributed by atoms with van der Waals surface area (Å²) in [6, 6.07) is -2.68. The number of nitrogens with zero attached hydrogens (tertiary/aromatic N) is 2. The van der Waals surface area contributed by atoms with E-state index in [0.29, 0.717) is 13.1 Å². The smallest absolute Gasteiger partial charge is 0.333 e. The number of hydrogen-bond acceptors (Lipinski definition) is 12. The van der Waals surface area contributed by atoms with Crippen LogP contribution >= 0.6 is 0 Å². The van der Waals surface area contributed by atoms with Crippen molar-refractivity contribution >= 4 is 48.0 Å². The number of urea groups is 4. The Morgan fingerprint density at radius 3 is 1.08 bits per heavy atom. The van der Waals surface area contributed by atoms with E-state index >= 15 is 0 Å². The molecule has 0 heterocycles. The average molecular weight is 847 g/mol. The second-order valence-electron chi connectivity index (χ2n) is 14.7. The summed E-state index contributed by atoms with van der Waals surface area (Å²) < 4.78 is 19.4. The summed E-state index contributed by atoms with van der Waals surface area (Å²) in [7, 11) is 0. The monoisotopic (exact) mass is 846 g/mol. The Labute approximate surface area is 353 Å². The van der Waals surface area contributed by atoms with Crippen LogP contribution in [0.3, 0.4) is 0 Å². The summed E-state index contributed by atoms with van der Waals surface area (Å²) >= 11 is 0. The van der Waals surface area contributed by atoms with Crippen LogP contribution in [0.2, 0.25) is 0 Å². The van der Waals surface area contributed by atoms with Gasteiger partial charge in [-0.2, -0.15) is 0 Å². The van der Waals surface area contributed by atoms with Gasteiger partial charge in [0.1, 0.15) is 26.4 Å². The predicted octanol–water partition coefficient (Wildman–Crippen LogP) is 4.76. The first kappa shape index (κ1) is 52.3. The summed E-state index contributed by atoms with van der Waals surface area (Å²) in [6.45, 7) is 23.1. The molecule has 4 atom stereocenters. The maximum atomic E-state index is 12.1. The van der Waals surface area contributed by atoms with E-state index in [1.165, 1.54) is 51.4 Å². The van der Waals surface area contributed by atoms with Gasteiger partial charge in [0.2, 0.25) is 0 Å². The van der Waals surface area contributed by atoms with Crippen LogP contribution in [0.4, 0.5) is 19.2 Å². The van der Waals surface area contributed by atoms with Crippen LogP contribution < -0.4 is 21.3 Å². The topological polar surface area (TPSA) is 228 Å². The predicted molar refractivity (Wildman–Crippen MR) is 223 cm³/mol. The second-order valence-corrected chi connectivity index (χ2v) is 14.7. The van der Waals surface area contributed by atoms with Gasteiger partial charge in [0.15, 0.2) is 0 Å². The highest BCUT2D eigenvalue weighted by atomic mass is 16.5. The van der Waals surface area contributed by atoms with E-state index in [1.54, 1.807) is 52.4 Å². The molecule has 18 nitrogen and oxygen atoms in total. The van der Waals surface area contributed by atoms with Gasteiger partial charge >= 0.3 is 48.0 Å². The largest absolute Gasteiger partial charge is 0.460 e. The summed E-state index contributed by atoms with van der Waals surface area (Å²) in [4.78, 5) is 94.8. The molecule has 3 rings (SSSR count). The van der Waals surface area contributed by atoms with Crippen LogP contribution in [-0.4, -0.2) is 123 Å². The number of carbonyl (C=O) groups is 8. The Balaban J connectivity index is 0.000000483. The van der Waals surface area contributed by atoms with Crippen molar-refractivity contribution in [2.24, 2.45) is 23.7 Å². The van der Waals surface area contributed by atoms with Crippen molar-refractivity contribution in [2.45, 2.75) is 80.1 Å². The van der Waals surface area contributed by atoms with E-state index in [1.807, 2.05) is 0 Å². The van der Waals surface area contributed by atoms with Gasteiger partial charge in [-0.15, -0.1) is 0 Å². The minimum absolute atomic E-state index is 0.0132. The molecule has 3 saturated carbocycles. The maximum absolute atomic E-state index is 12.1. The second kappa shape index (κ2) is 27.9. The van der Waals surface area contributed by atoms with Gasteiger partial charge in [0.25, 0.3) is 0 Å². The first-order valence-corrected chi connectivity index (χ1v) is 20.3. The Hall–Kier alpha value is -5.68. The van der Waals surface area contributed by atoms with E-state index in [9.17, 15) is 38.4 Å². The zero-order valence-corrected chi connectivity index (χ0v) is 36.2. The first-order valence-electron chi connectivity index (χ1n) is 20.3. The van der Waals surface area contributed by atoms with Gasteiger partial charge in [-0.25, -0.2) is 48.2 Å². The molecule has 4 N–H and O–H groups in total. The highest BCUT2D eigenvalue weighted by Gasteiger charge is 2.48. The molecule has 0 aromatic heterocycles. The van der Waals surface area contributed by atoms with E-state index in [-0.39, 0.29) is 74.9 Å². The fourth-order valence-corrected chi connectivity index (χ4v) is 6.85. The lowest BCUT2D eigenvalue weighted by molar-refractivity contribution is -0.139. The van der Waals surface area contributed by atoms with Crippen LogP contribution in [-0.2, 0) is 38.1 Å². The van der Waals surface area contributed by atoms with Crippen molar-refractivity contribution in [2.75, 3.05) is 65.7 Å². The van der Waals surface area contributed by atoms with Crippen molar-refractivity contribution in [3.63, 3.8) is 0 Å². The summed E-state index contributed by atoms with van der Waals surface area (Å²) in [5, 5.41) is 9.84. The molecular formula is C42H66N6O12. The van der Waals surface area contributed by atoms with Crippen molar-refractivity contribution in [3.05, 3.63) is 48.6 Å². The molecule has 336 valence electrons. The fraction of sp³-hybridized carbons (Fsp3) is 0.619. The van der Waals surface area contributed by atoms with Crippen molar-refractivity contribution in [1.29, 1.82) is 0 Å². The van der Waals surface area contributed by atoms with Gasteiger partial charge in [-0.3, -0.25) is 0 Å². The quantitative estimate of drug-likeness (QED) is 0.0634. The lowest BCUT2D eigenvalue weighted by Crippen LogP contribution is -2.50. The Morgan fingerprint density at radius 1 is 0.483 bits per heavy atom. The number of imide groups is 2. The molecule has 18 heteroatoms. The highest BCUT2D eigenvalue weighted by molar-refractivity contribution is 5.94. The molecule has 3 fully saturated rings. The van der Waals surface area contributed by atoms with Crippen molar-refractivity contribution < 1.29 is 57.3 Å². The SMILES string of the molecule is C1CC2C3CCC(C3)C2C1.C=C(C)C(=O)OCCNC(=O)N(CCOC(=O)C(=C)C)C(=O)NCC.C=C(C)C(=O)OCCNC(=O)N(CCOC(=O)C(=C)C)C(=O)NCC. The van der Waals surface area contributed by atoms with Crippen molar-refractivity contribution in [3.8, 4) is 0 Å². The van der Waals surface area contributed by atoms with Crippen molar-refractivity contribution in [1.82, 2.24) is 31.1 Å². The lowest BCUT2D eigenvalue weighted by atomic mass is 9.82. The molecule has 8 amide bonds. The third-order valence-corrected chi connectivity index (χ3v) is 9.70. The van der Waals surface area contributed by atoms with E-state index < -0.39 is 48.0 Å². The maximum Gasteiger partial charge on any atom is 0.333 e. The number of nitrogens with one attached hydrogen (secondary N) is 4. The number of amides is 8. The van der Waals surface area contributed by atoms with E-state index in [2.05, 4.69) is 47.6 Å². The standard InChI is InChI=1S/2C16H25N3O6.C10H16/c2*1-6-17-15(22)19(8-10-25-14(21)12(4)5)16(23)18-7-9-24-13(20)11(2)3;1-2-9-7-4-5-8(6-7)10(9)3-1/h2*2,4,6-10H2,1,3,5H3,(H,17,22)(H,18,23);7-10H,1-6H2. The molecule has 3 aliphatic carbocycles. The molecule has 0 aromatic rings. The lowest BCUT2D eigenvalue weighted by Gasteiger charge is -2.23. The average Bonchev–Trinajstić information content (AvgIpc) is 3.96. The zero-order valence-electron chi connectivity index (χ0n) is 36.2. The zero-order chi connectivity index (χ0) is 45.4. The third-order valence-electron chi connectivity index (χ3n) is 9.70. The number of carbonyl (C=O) groups excluding carboxylic acids is 8. The first-order chi connectivity index (χ1) is 28.4. The third kappa shape index (κ3) is 18.9. The van der Waals surface area contributed by atoms with Gasteiger partial charge in [-0.1, -0.05) is 32.7 Å². The molecule has 0 aromatic carbocycles. The highest BCUT2D eigenvalue weighted by Crippen LogP contribution is 2.58. The van der Waals surface area contributed by atoms with E-state index in [0.717, 1.165) is 9.80 Å². The molecule has 60 heavy (non-hydrogen) atoms. The van der Waals surface area contributed by atoms with Crippen LogP contribution in [0.5, 0.6) is 0 Å².